The van der Waals surface area contributed by atoms with E-state index in [9.17, 15) is 9.59 Å². The van der Waals surface area contributed by atoms with E-state index in [0.29, 0.717) is 27.2 Å². The van der Waals surface area contributed by atoms with E-state index in [-0.39, 0.29) is 24.8 Å². The average Bonchev–Trinajstić information content (AvgIpc) is 2.61. The number of carbonyl (C=O) groups excluding carboxylic acids is 2. The number of carbonyl (C=O) groups is 2. The molecule has 2 aromatic rings. The van der Waals surface area contributed by atoms with E-state index in [2.05, 4.69) is 5.32 Å². The number of hydrogen-bond donors (Lipinski definition) is 1. The maximum absolute atomic E-state index is 13.0. The lowest BCUT2D eigenvalue weighted by molar-refractivity contribution is -0.140. The molecule has 1 atom stereocenters. The highest BCUT2D eigenvalue weighted by atomic mass is 35.5. The van der Waals surface area contributed by atoms with Crippen molar-refractivity contribution in [2.45, 2.75) is 32.9 Å². The molecule has 27 heavy (non-hydrogen) atoms. The van der Waals surface area contributed by atoms with Gasteiger partial charge in [-0.25, -0.2) is 0 Å². The van der Waals surface area contributed by atoms with Gasteiger partial charge in [0.25, 0.3) is 0 Å². The summed E-state index contributed by atoms with van der Waals surface area (Å²) in [5.41, 5.74) is 1.50. The smallest absolute Gasteiger partial charge is 0.242 e. The summed E-state index contributed by atoms with van der Waals surface area (Å²) in [6, 6.07) is 11.6. The van der Waals surface area contributed by atoms with E-state index >= 15 is 0 Å². The quantitative estimate of drug-likeness (QED) is 0.693. The second-order valence-electron chi connectivity index (χ2n) is 6.13. The highest BCUT2D eigenvalue weighted by Gasteiger charge is 2.26. The summed E-state index contributed by atoms with van der Waals surface area (Å²) in [4.78, 5) is 26.9. The summed E-state index contributed by atoms with van der Waals surface area (Å²) in [6.45, 7) is 4.30. The average molecular weight is 428 g/mol. The highest BCUT2D eigenvalue weighted by Crippen LogP contribution is 2.23. The van der Waals surface area contributed by atoms with Crippen LogP contribution in [-0.2, 0) is 22.6 Å². The van der Waals surface area contributed by atoms with Crippen LogP contribution in [0.25, 0.3) is 0 Å². The van der Waals surface area contributed by atoms with Gasteiger partial charge in [0.15, 0.2) is 0 Å². The number of nitrogens with one attached hydrogen (secondary N) is 1. The van der Waals surface area contributed by atoms with Crippen molar-refractivity contribution < 1.29 is 9.59 Å². The van der Waals surface area contributed by atoms with E-state index < -0.39 is 6.04 Å². The standard InChI is InChI=1S/C20H21Cl3N2O2/c1-3-24-20(27)13(2)25(12-14-5-4-6-16(21)9-14)19(26)10-15-7-8-17(22)11-18(15)23/h4-9,11,13H,3,10,12H2,1-2H3,(H,24,27). The lowest BCUT2D eigenvalue weighted by Gasteiger charge is -2.29. The minimum atomic E-state index is -0.637. The first-order valence-electron chi connectivity index (χ1n) is 8.57. The van der Waals surface area contributed by atoms with E-state index in [4.69, 9.17) is 34.8 Å². The van der Waals surface area contributed by atoms with Gasteiger partial charge in [-0.2, -0.15) is 0 Å². The summed E-state index contributed by atoms with van der Waals surface area (Å²) in [5, 5.41) is 4.26. The number of nitrogens with zero attached hydrogens (tertiary/aromatic N) is 1. The Morgan fingerprint density at radius 1 is 1.07 bits per heavy atom. The monoisotopic (exact) mass is 426 g/mol. The summed E-state index contributed by atoms with van der Waals surface area (Å²) in [6.07, 6.45) is 0.0698. The molecule has 0 saturated heterocycles. The van der Waals surface area contributed by atoms with Crippen molar-refractivity contribution >= 4 is 46.6 Å². The molecule has 0 saturated carbocycles. The van der Waals surface area contributed by atoms with Gasteiger partial charge in [0, 0.05) is 28.2 Å². The summed E-state index contributed by atoms with van der Waals surface area (Å²) in [7, 11) is 0. The molecular formula is C20H21Cl3N2O2. The second kappa shape index (κ2) is 9.98. The number of likely N-dealkylation sites (N-methyl/N-ethyl adjacent to an activating group) is 1. The molecule has 2 amide bonds. The van der Waals surface area contributed by atoms with Gasteiger partial charge in [0.05, 0.1) is 6.42 Å². The molecule has 0 fully saturated rings. The van der Waals surface area contributed by atoms with Crippen molar-refractivity contribution in [2.75, 3.05) is 6.54 Å². The Balaban J connectivity index is 2.26. The van der Waals surface area contributed by atoms with Crippen molar-refractivity contribution in [3.05, 3.63) is 68.7 Å². The Labute approximate surface area is 174 Å². The lowest BCUT2D eigenvalue weighted by Crippen LogP contribution is -2.48. The van der Waals surface area contributed by atoms with Gasteiger partial charge >= 0.3 is 0 Å². The Bertz CT molecular complexity index is 827. The summed E-state index contributed by atoms with van der Waals surface area (Å²) in [5.74, 6) is -0.423. The molecule has 0 spiro atoms. The van der Waals surface area contributed by atoms with Crippen LogP contribution < -0.4 is 5.32 Å². The molecule has 0 heterocycles. The minimum Gasteiger partial charge on any atom is -0.355 e. The van der Waals surface area contributed by atoms with Crippen LogP contribution in [0.3, 0.4) is 0 Å². The van der Waals surface area contributed by atoms with Gasteiger partial charge in [-0.15, -0.1) is 0 Å². The van der Waals surface area contributed by atoms with Gasteiger partial charge in [-0.3, -0.25) is 9.59 Å². The van der Waals surface area contributed by atoms with Crippen LogP contribution >= 0.6 is 34.8 Å². The first kappa shape index (κ1) is 21.5. The largest absolute Gasteiger partial charge is 0.355 e. The third-order valence-electron chi connectivity index (χ3n) is 4.12. The zero-order valence-corrected chi connectivity index (χ0v) is 17.4. The Hall–Kier alpha value is -1.75. The Morgan fingerprint density at radius 3 is 2.41 bits per heavy atom. The van der Waals surface area contributed by atoms with E-state index in [1.54, 1.807) is 37.3 Å². The molecule has 1 N–H and O–H groups in total. The Morgan fingerprint density at radius 2 is 1.78 bits per heavy atom. The van der Waals surface area contributed by atoms with Crippen molar-refractivity contribution in [3.8, 4) is 0 Å². The van der Waals surface area contributed by atoms with Crippen molar-refractivity contribution in [1.29, 1.82) is 0 Å². The summed E-state index contributed by atoms with van der Waals surface area (Å²) >= 11 is 18.2. The molecule has 2 rings (SSSR count). The van der Waals surface area contributed by atoms with Crippen LogP contribution in [0, 0.1) is 0 Å². The van der Waals surface area contributed by atoms with Gasteiger partial charge in [-0.1, -0.05) is 53.0 Å². The molecule has 0 aliphatic rings. The third-order valence-corrected chi connectivity index (χ3v) is 4.94. The van der Waals surface area contributed by atoms with E-state index in [1.165, 1.54) is 4.90 Å². The molecule has 144 valence electrons. The lowest BCUT2D eigenvalue weighted by atomic mass is 10.1. The number of rotatable bonds is 7. The number of halogens is 3. The van der Waals surface area contributed by atoms with Crippen LogP contribution in [0.1, 0.15) is 25.0 Å². The van der Waals surface area contributed by atoms with Crippen LogP contribution in [0.5, 0.6) is 0 Å². The number of benzene rings is 2. The first-order valence-corrected chi connectivity index (χ1v) is 9.70. The zero-order valence-electron chi connectivity index (χ0n) is 15.1. The third kappa shape index (κ3) is 6.13. The molecule has 4 nitrogen and oxygen atoms in total. The molecule has 0 aliphatic heterocycles. The minimum absolute atomic E-state index is 0.0698. The molecule has 1 unspecified atom stereocenters. The summed E-state index contributed by atoms with van der Waals surface area (Å²) < 4.78 is 0. The first-order chi connectivity index (χ1) is 12.8. The van der Waals surface area contributed by atoms with Crippen LogP contribution in [0.4, 0.5) is 0 Å². The second-order valence-corrected chi connectivity index (χ2v) is 7.41. The molecule has 0 aromatic heterocycles. The highest BCUT2D eigenvalue weighted by molar-refractivity contribution is 6.35. The fourth-order valence-corrected chi connectivity index (χ4v) is 3.35. The Kier molecular flexibility index (Phi) is 7.96. The van der Waals surface area contributed by atoms with Gasteiger partial charge in [-0.05, 0) is 49.2 Å². The fraction of sp³-hybridized carbons (Fsp3) is 0.300. The van der Waals surface area contributed by atoms with Gasteiger partial charge in [0.1, 0.15) is 6.04 Å². The number of amides is 2. The normalized spacial score (nSPS) is 11.7. The maximum atomic E-state index is 13.0. The predicted octanol–water partition coefficient (Wildman–Crippen LogP) is 4.74. The molecule has 0 bridgehead atoms. The predicted molar refractivity (Wildman–Crippen MR) is 110 cm³/mol. The molecular weight excluding hydrogens is 407 g/mol. The van der Waals surface area contributed by atoms with E-state index in [0.717, 1.165) is 5.56 Å². The topological polar surface area (TPSA) is 49.4 Å². The fourth-order valence-electron chi connectivity index (χ4n) is 2.67. The number of hydrogen-bond acceptors (Lipinski definition) is 2. The molecule has 7 heteroatoms. The molecule has 0 radical (unpaired) electrons. The molecule has 2 aromatic carbocycles. The maximum Gasteiger partial charge on any atom is 0.242 e. The SMILES string of the molecule is CCNC(=O)C(C)N(Cc1cccc(Cl)c1)C(=O)Cc1ccc(Cl)cc1Cl. The van der Waals surface area contributed by atoms with Crippen LogP contribution in [0.2, 0.25) is 15.1 Å². The van der Waals surface area contributed by atoms with Gasteiger partial charge < -0.3 is 10.2 Å². The van der Waals surface area contributed by atoms with Gasteiger partial charge in [0.2, 0.25) is 11.8 Å². The van der Waals surface area contributed by atoms with Crippen molar-refractivity contribution in [1.82, 2.24) is 10.2 Å². The zero-order chi connectivity index (χ0) is 20.0. The van der Waals surface area contributed by atoms with Crippen LogP contribution in [0.15, 0.2) is 42.5 Å². The van der Waals surface area contributed by atoms with Crippen molar-refractivity contribution in [2.24, 2.45) is 0 Å². The van der Waals surface area contributed by atoms with Crippen LogP contribution in [-0.4, -0.2) is 29.3 Å². The van der Waals surface area contributed by atoms with E-state index in [1.807, 2.05) is 19.1 Å². The molecule has 0 aliphatic carbocycles. The van der Waals surface area contributed by atoms with Crippen molar-refractivity contribution in [3.63, 3.8) is 0 Å².